The molecule has 1 aromatic heterocycles. The molecule has 2 aromatic carbocycles. The number of aromatic nitrogens is 2. The van der Waals surface area contributed by atoms with Crippen molar-refractivity contribution in [1.82, 2.24) is 9.55 Å². The molecule has 132 valence electrons. The van der Waals surface area contributed by atoms with Gasteiger partial charge in [0.1, 0.15) is 6.54 Å². The zero-order chi connectivity index (χ0) is 18.7. The van der Waals surface area contributed by atoms with Crippen molar-refractivity contribution in [2.45, 2.75) is 20.4 Å². The molecular weight excluding hydrogens is 350 g/mol. The van der Waals surface area contributed by atoms with Crippen LogP contribution in [0.3, 0.4) is 0 Å². The van der Waals surface area contributed by atoms with Gasteiger partial charge < -0.3 is 5.32 Å². The van der Waals surface area contributed by atoms with Gasteiger partial charge >= 0.3 is 0 Å². The van der Waals surface area contributed by atoms with E-state index >= 15 is 0 Å². The molecule has 1 amide bonds. The fraction of sp³-hybridized carbons (Fsp3) is 0.150. The minimum absolute atomic E-state index is 0.0975. The third-order valence-electron chi connectivity index (χ3n) is 3.84. The number of amides is 1. The molecule has 0 radical (unpaired) electrons. The second-order valence-electron chi connectivity index (χ2n) is 6.17. The highest BCUT2D eigenvalue weighted by Crippen LogP contribution is 2.18. The minimum atomic E-state index is -0.291. The highest BCUT2D eigenvalue weighted by atomic mass is 35.5. The standard InChI is InChI=1S/C20H18ClN3O2/c1-13-7-14(2)9-17(8-13)23-19(25)11-24-12-22-18(10-20(24)26)15-3-5-16(21)6-4-15/h3-10,12H,11H2,1-2H3,(H,23,25). The van der Waals surface area contributed by atoms with Crippen LogP contribution in [0.1, 0.15) is 11.1 Å². The molecule has 0 spiro atoms. The van der Waals surface area contributed by atoms with Crippen molar-refractivity contribution in [3.05, 3.63) is 81.4 Å². The van der Waals surface area contributed by atoms with Crippen LogP contribution in [-0.4, -0.2) is 15.5 Å². The fourth-order valence-corrected chi connectivity index (χ4v) is 2.85. The highest BCUT2D eigenvalue weighted by molar-refractivity contribution is 6.30. The smallest absolute Gasteiger partial charge is 0.254 e. The molecule has 0 atom stereocenters. The quantitative estimate of drug-likeness (QED) is 0.762. The van der Waals surface area contributed by atoms with E-state index in [1.165, 1.54) is 17.0 Å². The maximum absolute atomic E-state index is 12.3. The van der Waals surface area contributed by atoms with E-state index in [2.05, 4.69) is 10.3 Å². The first-order chi connectivity index (χ1) is 12.4. The zero-order valence-corrected chi connectivity index (χ0v) is 15.2. The first-order valence-corrected chi connectivity index (χ1v) is 8.49. The minimum Gasteiger partial charge on any atom is -0.325 e. The van der Waals surface area contributed by atoms with E-state index in [1.807, 2.05) is 32.0 Å². The number of benzene rings is 2. The molecule has 3 aromatic rings. The molecular formula is C20H18ClN3O2. The van der Waals surface area contributed by atoms with E-state index in [-0.39, 0.29) is 18.0 Å². The Morgan fingerprint density at radius 2 is 1.73 bits per heavy atom. The van der Waals surface area contributed by atoms with Gasteiger partial charge in [0.2, 0.25) is 5.91 Å². The predicted molar refractivity (Wildman–Crippen MR) is 103 cm³/mol. The maximum Gasteiger partial charge on any atom is 0.254 e. The van der Waals surface area contributed by atoms with Gasteiger partial charge in [-0.2, -0.15) is 0 Å². The summed E-state index contributed by atoms with van der Waals surface area (Å²) in [6.07, 6.45) is 1.38. The molecule has 0 fully saturated rings. The van der Waals surface area contributed by atoms with Crippen molar-refractivity contribution in [2.75, 3.05) is 5.32 Å². The molecule has 0 unspecified atom stereocenters. The van der Waals surface area contributed by atoms with Crippen molar-refractivity contribution < 1.29 is 4.79 Å². The Bertz CT molecular complexity index is 990. The van der Waals surface area contributed by atoms with Crippen LogP contribution in [0.5, 0.6) is 0 Å². The zero-order valence-electron chi connectivity index (χ0n) is 14.5. The van der Waals surface area contributed by atoms with E-state index in [1.54, 1.807) is 24.3 Å². The first kappa shape index (κ1) is 17.9. The summed E-state index contributed by atoms with van der Waals surface area (Å²) in [6, 6.07) is 14.3. The van der Waals surface area contributed by atoms with E-state index < -0.39 is 0 Å². The maximum atomic E-state index is 12.3. The summed E-state index contributed by atoms with van der Waals surface area (Å²) in [5.74, 6) is -0.279. The van der Waals surface area contributed by atoms with E-state index in [0.717, 1.165) is 16.7 Å². The highest BCUT2D eigenvalue weighted by Gasteiger charge is 2.08. The number of anilines is 1. The molecule has 0 saturated heterocycles. The second-order valence-corrected chi connectivity index (χ2v) is 6.61. The number of hydrogen-bond acceptors (Lipinski definition) is 3. The number of aryl methyl sites for hydroxylation is 2. The Morgan fingerprint density at radius 3 is 2.35 bits per heavy atom. The van der Waals surface area contributed by atoms with E-state index in [0.29, 0.717) is 16.4 Å². The van der Waals surface area contributed by atoms with Crippen LogP contribution >= 0.6 is 11.6 Å². The van der Waals surface area contributed by atoms with Gasteiger partial charge in [-0.3, -0.25) is 14.2 Å². The number of carbonyl (C=O) groups excluding carboxylic acids is 1. The molecule has 1 N–H and O–H groups in total. The third kappa shape index (κ3) is 4.37. The third-order valence-corrected chi connectivity index (χ3v) is 4.09. The fourth-order valence-electron chi connectivity index (χ4n) is 2.73. The Balaban J connectivity index is 1.74. The van der Waals surface area contributed by atoms with Crippen LogP contribution < -0.4 is 10.9 Å². The van der Waals surface area contributed by atoms with Crippen LogP contribution in [0.2, 0.25) is 5.02 Å². The Labute approximate surface area is 156 Å². The van der Waals surface area contributed by atoms with Crippen LogP contribution in [0.4, 0.5) is 5.69 Å². The van der Waals surface area contributed by atoms with Gasteiger partial charge in [0.05, 0.1) is 12.0 Å². The molecule has 0 aliphatic heterocycles. The van der Waals surface area contributed by atoms with Crippen molar-refractivity contribution in [3.63, 3.8) is 0 Å². The molecule has 0 bridgehead atoms. The molecule has 3 rings (SSSR count). The van der Waals surface area contributed by atoms with Gasteiger partial charge in [0.15, 0.2) is 0 Å². The largest absolute Gasteiger partial charge is 0.325 e. The molecule has 26 heavy (non-hydrogen) atoms. The summed E-state index contributed by atoms with van der Waals surface area (Å²) in [5.41, 5.74) is 3.88. The lowest BCUT2D eigenvalue weighted by atomic mass is 10.1. The average Bonchev–Trinajstić information content (AvgIpc) is 2.56. The molecule has 5 nitrogen and oxygen atoms in total. The summed E-state index contributed by atoms with van der Waals surface area (Å²) >= 11 is 5.87. The monoisotopic (exact) mass is 367 g/mol. The Kier molecular flexibility index (Phi) is 5.19. The molecule has 0 aliphatic rings. The first-order valence-electron chi connectivity index (χ1n) is 8.11. The lowest BCUT2D eigenvalue weighted by Crippen LogP contribution is -2.27. The number of halogens is 1. The van der Waals surface area contributed by atoms with Crippen molar-refractivity contribution in [1.29, 1.82) is 0 Å². The van der Waals surface area contributed by atoms with E-state index in [9.17, 15) is 9.59 Å². The van der Waals surface area contributed by atoms with Gasteiger partial charge in [-0.15, -0.1) is 0 Å². The Hall–Kier alpha value is -2.92. The molecule has 0 saturated carbocycles. The number of nitrogens with one attached hydrogen (secondary N) is 1. The van der Waals surface area contributed by atoms with E-state index in [4.69, 9.17) is 11.6 Å². The average molecular weight is 368 g/mol. The topological polar surface area (TPSA) is 64.0 Å². The van der Waals surface area contributed by atoms with Crippen molar-refractivity contribution >= 4 is 23.2 Å². The van der Waals surface area contributed by atoms with Crippen LogP contribution in [0.25, 0.3) is 11.3 Å². The molecule has 6 heteroatoms. The SMILES string of the molecule is Cc1cc(C)cc(NC(=O)Cn2cnc(-c3ccc(Cl)cc3)cc2=O)c1. The number of nitrogens with zero attached hydrogens (tertiary/aromatic N) is 2. The summed E-state index contributed by atoms with van der Waals surface area (Å²) in [4.78, 5) is 28.8. The van der Waals surface area contributed by atoms with Gasteiger partial charge in [-0.05, 0) is 49.2 Å². The van der Waals surface area contributed by atoms with Crippen molar-refractivity contribution in [3.8, 4) is 11.3 Å². The summed E-state index contributed by atoms with van der Waals surface area (Å²) in [6.45, 7) is 3.83. The number of carbonyl (C=O) groups is 1. The lowest BCUT2D eigenvalue weighted by molar-refractivity contribution is -0.116. The van der Waals surface area contributed by atoms with Gasteiger partial charge in [-0.25, -0.2) is 4.98 Å². The predicted octanol–water partition coefficient (Wildman–Crippen LogP) is 3.82. The molecule has 1 heterocycles. The van der Waals surface area contributed by atoms with Gasteiger partial charge in [-0.1, -0.05) is 29.8 Å². The Morgan fingerprint density at radius 1 is 1.08 bits per heavy atom. The van der Waals surface area contributed by atoms with Crippen molar-refractivity contribution in [2.24, 2.45) is 0 Å². The van der Waals surface area contributed by atoms with Gasteiger partial charge in [0, 0.05) is 22.3 Å². The summed E-state index contributed by atoms with van der Waals surface area (Å²) in [7, 11) is 0. The summed E-state index contributed by atoms with van der Waals surface area (Å²) < 4.78 is 1.28. The normalized spacial score (nSPS) is 10.6. The van der Waals surface area contributed by atoms with Crippen LogP contribution in [0, 0.1) is 13.8 Å². The second kappa shape index (κ2) is 7.54. The van der Waals surface area contributed by atoms with Crippen LogP contribution in [-0.2, 0) is 11.3 Å². The lowest BCUT2D eigenvalue weighted by Gasteiger charge is -2.09. The van der Waals surface area contributed by atoms with Crippen LogP contribution in [0.15, 0.2) is 59.7 Å². The number of hydrogen-bond donors (Lipinski definition) is 1. The molecule has 0 aliphatic carbocycles. The number of rotatable bonds is 4. The van der Waals surface area contributed by atoms with Gasteiger partial charge in [0.25, 0.3) is 5.56 Å². The summed E-state index contributed by atoms with van der Waals surface area (Å²) in [5, 5.41) is 3.43.